The Balaban J connectivity index is 1.56. The lowest BCUT2D eigenvalue weighted by atomic mass is 10.1. The first kappa shape index (κ1) is 18.2. The number of ether oxygens (including phenoxy) is 1. The predicted octanol–water partition coefficient (Wildman–Crippen LogP) is 2.33. The topological polar surface area (TPSA) is 67.6 Å². The predicted molar refractivity (Wildman–Crippen MR) is 107 cm³/mol. The molecule has 3 heterocycles. The van der Waals surface area contributed by atoms with Crippen LogP contribution >= 0.6 is 11.3 Å². The first-order valence-corrected chi connectivity index (χ1v) is 9.95. The number of hydrogen-bond donors (Lipinski definition) is 1. The lowest BCUT2D eigenvalue weighted by molar-refractivity contribution is 0.266. The molecule has 142 valence electrons. The second-order valence-electron chi connectivity index (χ2n) is 6.91. The van der Waals surface area contributed by atoms with Gasteiger partial charge in [-0.3, -0.25) is 14.3 Å². The number of hydrogen-bond acceptors (Lipinski definition) is 6. The van der Waals surface area contributed by atoms with Gasteiger partial charge in [-0.15, -0.1) is 11.3 Å². The SMILES string of the molecule is COc1ccc(CN2CCc3nc4c(C)csc4c(=O)n3CC2)cc1CO. The van der Waals surface area contributed by atoms with E-state index < -0.39 is 0 Å². The van der Waals surface area contributed by atoms with Crippen molar-refractivity contribution >= 4 is 21.6 Å². The molecule has 1 aliphatic rings. The average molecular weight is 385 g/mol. The Morgan fingerprint density at radius 3 is 2.93 bits per heavy atom. The van der Waals surface area contributed by atoms with Crippen molar-refractivity contribution in [1.29, 1.82) is 0 Å². The summed E-state index contributed by atoms with van der Waals surface area (Å²) in [6.07, 6.45) is 0.753. The van der Waals surface area contributed by atoms with Gasteiger partial charge in [-0.05, 0) is 35.6 Å². The average Bonchev–Trinajstić information content (AvgIpc) is 2.93. The van der Waals surface area contributed by atoms with E-state index >= 15 is 0 Å². The van der Waals surface area contributed by atoms with Crippen LogP contribution < -0.4 is 10.3 Å². The van der Waals surface area contributed by atoms with Crippen molar-refractivity contribution in [1.82, 2.24) is 14.5 Å². The number of thiophene rings is 1. The van der Waals surface area contributed by atoms with E-state index in [1.54, 1.807) is 7.11 Å². The summed E-state index contributed by atoms with van der Waals surface area (Å²) in [5, 5.41) is 11.5. The van der Waals surface area contributed by atoms with Crippen LogP contribution in [-0.2, 0) is 26.1 Å². The van der Waals surface area contributed by atoms with Crippen LogP contribution in [0.15, 0.2) is 28.4 Å². The Morgan fingerprint density at radius 1 is 1.30 bits per heavy atom. The molecule has 3 aromatic rings. The molecule has 0 radical (unpaired) electrons. The molecule has 0 saturated heterocycles. The van der Waals surface area contributed by atoms with Crippen molar-refractivity contribution in [3.05, 3.63) is 56.4 Å². The summed E-state index contributed by atoms with van der Waals surface area (Å²) in [5.74, 6) is 1.58. The van der Waals surface area contributed by atoms with Gasteiger partial charge in [-0.1, -0.05) is 6.07 Å². The molecule has 0 fully saturated rings. The number of aromatic nitrogens is 2. The maximum absolute atomic E-state index is 12.8. The maximum Gasteiger partial charge on any atom is 0.271 e. The molecule has 4 rings (SSSR count). The van der Waals surface area contributed by atoms with E-state index in [0.29, 0.717) is 12.3 Å². The van der Waals surface area contributed by atoms with Crippen molar-refractivity contribution in [2.75, 3.05) is 20.2 Å². The molecule has 0 spiro atoms. The summed E-state index contributed by atoms with van der Waals surface area (Å²) in [6.45, 7) is 5.03. The summed E-state index contributed by atoms with van der Waals surface area (Å²) < 4.78 is 7.87. The second kappa shape index (κ2) is 7.42. The summed E-state index contributed by atoms with van der Waals surface area (Å²) in [6, 6.07) is 5.91. The molecule has 0 atom stereocenters. The summed E-state index contributed by atoms with van der Waals surface area (Å²) in [7, 11) is 1.61. The van der Waals surface area contributed by atoms with Crippen molar-refractivity contribution in [3.8, 4) is 5.75 Å². The molecule has 1 aromatic carbocycles. The summed E-state index contributed by atoms with van der Waals surface area (Å²) >= 11 is 1.49. The highest BCUT2D eigenvalue weighted by Crippen LogP contribution is 2.23. The number of aryl methyl sites for hydroxylation is 1. The normalized spacial score (nSPS) is 14.9. The number of benzene rings is 1. The molecule has 0 saturated carbocycles. The largest absolute Gasteiger partial charge is 0.496 e. The van der Waals surface area contributed by atoms with Crippen LogP contribution in [0.5, 0.6) is 5.75 Å². The monoisotopic (exact) mass is 385 g/mol. The summed E-state index contributed by atoms with van der Waals surface area (Å²) in [5.41, 5.74) is 3.94. The molecule has 1 aliphatic heterocycles. The third kappa shape index (κ3) is 3.38. The molecular weight excluding hydrogens is 362 g/mol. The van der Waals surface area contributed by atoms with E-state index in [1.807, 2.05) is 35.1 Å². The van der Waals surface area contributed by atoms with Crippen LogP contribution in [0.2, 0.25) is 0 Å². The fraction of sp³-hybridized carbons (Fsp3) is 0.400. The van der Waals surface area contributed by atoms with Gasteiger partial charge in [-0.25, -0.2) is 4.98 Å². The van der Waals surface area contributed by atoms with E-state index in [9.17, 15) is 9.90 Å². The fourth-order valence-corrected chi connectivity index (χ4v) is 4.60. The molecule has 0 amide bonds. The van der Waals surface area contributed by atoms with Crippen LogP contribution in [0, 0.1) is 6.92 Å². The Bertz CT molecular complexity index is 1040. The molecule has 2 aromatic heterocycles. The van der Waals surface area contributed by atoms with E-state index in [0.717, 1.165) is 58.8 Å². The molecule has 0 unspecified atom stereocenters. The van der Waals surface area contributed by atoms with Crippen molar-refractivity contribution in [2.45, 2.75) is 33.0 Å². The standard InChI is InChI=1S/C20H23N3O3S/c1-13-12-27-19-18(13)21-17-5-6-22(7-8-23(17)20(19)25)10-14-3-4-16(26-2)15(9-14)11-24/h3-4,9,12,24H,5-8,10-11H2,1-2H3. The van der Waals surface area contributed by atoms with E-state index in [4.69, 9.17) is 9.72 Å². The molecular formula is C20H23N3O3S. The van der Waals surface area contributed by atoms with Crippen LogP contribution in [0.25, 0.3) is 10.2 Å². The third-order valence-corrected chi connectivity index (χ3v) is 6.22. The zero-order valence-corrected chi connectivity index (χ0v) is 16.4. The van der Waals surface area contributed by atoms with Gasteiger partial charge in [0, 0.05) is 38.2 Å². The van der Waals surface area contributed by atoms with Gasteiger partial charge in [0.05, 0.1) is 19.2 Å². The van der Waals surface area contributed by atoms with Crippen molar-refractivity contribution in [3.63, 3.8) is 0 Å². The minimum absolute atomic E-state index is 0.0438. The highest BCUT2D eigenvalue weighted by molar-refractivity contribution is 7.17. The number of aliphatic hydroxyl groups excluding tert-OH is 1. The minimum Gasteiger partial charge on any atom is -0.496 e. The van der Waals surface area contributed by atoms with Gasteiger partial charge < -0.3 is 9.84 Å². The highest BCUT2D eigenvalue weighted by atomic mass is 32.1. The van der Waals surface area contributed by atoms with Gasteiger partial charge >= 0.3 is 0 Å². The molecule has 7 heteroatoms. The van der Waals surface area contributed by atoms with E-state index in [1.165, 1.54) is 11.3 Å². The first-order valence-electron chi connectivity index (χ1n) is 9.07. The lowest BCUT2D eigenvalue weighted by Gasteiger charge is -2.20. The molecule has 6 nitrogen and oxygen atoms in total. The second-order valence-corrected chi connectivity index (χ2v) is 7.79. The quantitative estimate of drug-likeness (QED) is 0.747. The Hall–Kier alpha value is -2.22. The first-order chi connectivity index (χ1) is 13.1. The van der Waals surface area contributed by atoms with Gasteiger partial charge in [0.15, 0.2) is 0 Å². The van der Waals surface area contributed by atoms with Gasteiger partial charge in [-0.2, -0.15) is 0 Å². The number of aliphatic hydroxyl groups is 1. The number of methoxy groups -OCH3 is 1. The molecule has 0 bridgehead atoms. The van der Waals surface area contributed by atoms with Crippen LogP contribution in [-0.4, -0.2) is 39.8 Å². The Morgan fingerprint density at radius 2 is 2.15 bits per heavy atom. The molecule has 0 aliphatic carbocycles. The van der Waals surface area contributed by atoms with E-state index in [-0.39, 0.29) is 12.2 Å². The number of fused-ring (bicyclic) bond motifs is 2. The zero-order chi connectivity index (χ0) is 19.0. The van der Waals surface area contributed by atoms with Crippen LogP contribution in [0.4, 0.5) is 0 Å². The Labute approximate surface area is 161 Å². The van der Waals surface area contributed by atoms with Gasteiger partial charge in [0.2, 0.25) is 0 Å². The van der Waals surface area contributed by atoms with Gasteiger partial charge in [0.1, 0.15) is 16.3 Å². The zero-order valence-electron chi connectivity index (χ0n) is 15.6. The highest BCUT2D eigenvalue weighted by Gasteiger charge is 2.19. The van der Waals surface area contributed by atoms with E-state index in [2.05, 4.69) is 4.90 Å². The lowest BCUT2D eigenvalue weighted by Crippen LogP contribution is -2.28. The number of nitrogens with zero attached hydrogens (tertiary/aromatic N) is 3. The Kier molecular flexibility index (Phi) is 4.99. The minimum atomic E-state index is -0.0438. The smallest absolute Gasteiger partial charge is 0.271 e. The summed E-state index contributed by atoms with van der Waals surface area (Å²) in [4.78, 5) is 19.9. The third-order valence-electron chi connectivity index (χ3n) is 5.15. The van der Waals surface area contributed by atoms with Crippen LogP contribution in [0.3, 0.4) is 0 Å². The van der Waals surface area contributed by atoms with Crippen LogP contribution in [0.1, 0.15) is 22.5 Å². The maximum atomic E-state index is 12.8. The molecule has 1 N–H and O–H groups in total. The number of rotatable bonds is 4. The van der Waals surface area contributed by atoms with Crippen molar-refractivity contribution in [2.24, 2.45) is 0 Å². The fourth-order valence-electron chi connectivity index (χ4n) is 3.66. The van der Waals surface area contributed by atoms with Gasteiger partial charge in [0.25, 0.3) is 5.56 Å². The molecule has 27 heavy (non-hydrogen) atoms. The van der Waals surface area contributed by atoms with Crippen molar-refractivity contribution < 1.29 is 9.84 Å².